The van der Waals surface area contributed by atoms with E-state index >= 15 is 0 Å². The number of rotatable bonds is 3. The largest absolute Gasteiger partial charge is 0.349 e. The Kier molecular flexibility index (Phi) is 2.86. The summed E-state index contributed by atoms with van der Waals surface area (Å²) in [4.78, 5) is 4.36. The molecule has 0 amide bonds. The Balaban J connectivity index is 1.76. The summed E-state index contributed by atoms with van der Waals surface area (Å²) < 4.78 is 1.74. The van der Waals surface area contributed by atoms with Crippen LogP contribution in [0.15, 0.2) is 48.7 Å². The fraction of sp³-hybridized carbons (Fsp3) is 0.0769. The molecule has 1 N–H and O–H groups in total. The fourth-order valence-corrected chi connectivity index (χ4v) is 1.95. The van der Waals surface area contributed by atoms with Crippen LogP contribution >= 0.6 is 11.6 Å². The third kappa shape index (κ3) is 2.28. The zero-order valence-corrected chi connectivity index (χ0v) is 10.3. The molecule has 3 aromatic rings. The lowest BCUT2D eigenvalue weighted by Gasteiger charge is -2.01. The zero-order chi connectivity index (χ0) is 12.4. The zero-order valence-electron chi connectivity index (χ0n) is 9.55. The van der Waals surface area contributed by atoms with E-state index in [9.17, 15) is 0 Å². The van der Waals surface area contributed by atoms with Gasteiger partial charge in [-0.05, 0) is 29.8 Å². The van der Waals surface area contributed by atoms with Crippen LogP contribution in [0.4, 0.5) is 5.95 Å². The van der Waals surface area contributed by atoms with Crippen LogP contribution in [-0.4, -0.2) is 14.6 Å². The molecule has 1 aromatic carbocycles. The Morgan fingerprint density at radius 1 is 1.17 bits per heavy atom. The van der Waals surface area contributed by atoms with Crippen molar-refractivity contribution in [3.63, 3.8) is 0 Å². The van der Waals surface area contributed by atoms with Crippen molar-refractivity contribution in [2.24, 2.45) is 0 Å². The number of nitrogens with zero attached hydrogens (tertiary/aromatic N) is 3. The average Bonchev–Trinajstić information content (AvgIpc) is 2.79. The molecular weight excluding hydrogens is 248 g/mol. The third-order valence-corrected chi connectivity index (χ3v) is 2.82. The second-order valence-electron chi connectivity index (χ2n) is 3.92. The molecular formula is C13H11ClN4. The van der Waals surface area contributed by atoms with Crippen LogP contribution in [0.2, 0.25) is 5.02 Å². The Morgan fingerprint density at radius 3 is 2.94 bits per heavy atom. The normalized spacial score (nSPS) is 10.7. The molecule has 0 aliphatic rings. The van der Waals surface area contributed by atoms with Crippen molar-refractivity contribution in [3.8, 4) is 0 Å². The first kappa shape index (κ1) is 11.0. The molecule has 3 rings (SSSR count). The Bertz CT molecular complexity index is 644. The second-order valence-corrected chi connectivity index (χ2v) is 4.36. The van der Waals surface area contributed by atoms with Crippen LogP contribution < -0.4 is 5.32 Å². The maximum absolute atomic E-state index is 5.93. The molecule has 18 heavy (non-hydrogen) atoms. The van der Waals surface area contributed by atoms with E-state index in [-0.39, 0.29) is 0 Å². The molecule has 0 aliphatic heterocycles. The maximum atomic E-state index is 5.93. The van der Waals surface area contributed by atoms with E-state index in [4.69, 9.17) is 11.6 Å². The highest BCUT2D eigenvalue weighted by Gasteiger charge is 2.02. The molecule has 0 spiro atoms. The van der Waals surface area contributed by atoms with E-state index in [0.29, 0.717) is 12.5 Å². The van der Waals surface area contributed by atoms with Gasteiger partial charge >= 0.3 is 0 Å². The maximum Gasteiger partial charge on any atom is 0.243 e. The number of benzene rings is 1. The molecule has 0 bridgehead atoms. The van der Waals surface area contributed by atoms with E-state index < -0.39 is 0 Å². The van der Waals surface area contributed by atoms with E-state index in [1.54, 1.807) is 4.52 Å². The minimum Gasteiger partial charge on any atom is -0.349 e. The van der Waals surface area contributed by atoms with Gasteiger partial charge in [0.15, 0.2) is 5.65 Å². The first-order chi connectivity index (χ1) is 8.81. The van der Waals surface area contributed by atoms with Crippen molar-refractivity contribution in [2.45, 2.75) is 6.54 Å². The topological polar surface area (TPSA) is 42.2 Å². The summed E-state index contributed by atoms with van der Waals surface area (Å²) in [6, 6.07) is 13.5. The van der Waals surface area contributed by atoms with E-state index in [1.165, 1.54) is 0 Å². The number of hydrogen-bond acceptors (Lipinski definition) is 3. The first-order valence-electron chi connectivity index (χ1n) is 5.61. The molecule has 90 valence electrons. The van der Waals surface area contributed by atoms with E-state index in [0.717, 1.165) is 16.2 Å². The summed E-state index contributed by atoms with van der Waals surface area (Å²) in [6.07, 6.45) is 1.87. The molecule has 2 heterocycles. The Hall–Kier alpha value is -2.07. The number of aromatic nitrogens is 3. The predicted octanol–water partition coefficient (Wildman–Crippen LogP) is 2.99. The quantitative estimate of drug-likeness (QED) is 0.785. The monoisotopic (exact) mass is 258 g/mol. The van der Waals surface area contributed by atoms with Crippen LogP contribution in [0.5, 0.6) is 0 Å². The summed E-state index contributed by atoms with van der Waals surface area (Å²) >= 11 is 5.93. The standard InChI is InChI=1S/C13H11ClN4/c14-11-5-3-4-10(8-11)9-15-13-16-12-6-1-2-7-18(12)17-13/h1-8H,9H2,(H,15,17). The van der Waals surface area contributed by atoms with E-state index in [2.05, 4.69) is 15.4 Å². The van der Waals surface area contributed by atoms with Crippen molar-refractivity contribution >= 4 is 23.2 Å². The smallest absolute Gasteiger partial charge is 0.243 e. The van der Waals surface area contributed by atoms with Crippen LogP contribution in [0.1, 0.15) is 5.56 Å². The van der Waals surface area contributed by atoms with Gasteiger partial charge in [-0.1, -0.05) is 29.8 Å². The van der Waals surface area contributed by atoms with Crippen molar-refractivity contribution in [1.82, 2.24) is 14.6 Å². The van der Waals surface area contributed by atoms with E-state index in [1.807, 2.05) is 48.7 Å². The first-order valence-corrected chi connectivity index (χ1v) is 5.99. The number of nitrogens with one attached hydrogen (secondary N) is 1. The molecule has 0 aliphatic carbocycles. The molecule has 0 atom stereocenters. The summed E-state index contributed by atoms with van der Waals surface area (Å²) in [5.74, 6) is 0.612. The number of anilines is 1. The highest BCUT2D eigenvalue weighted by molar-refractivity contribution is 6.30. The minimum absolute atomic E-state index is 0.612. The fourth-order valence-electron chi connectivity index (χ4n) is 1.73. The second kappa shape index (κ2) is 4.66. The summed E-state index contributed by atoms with van der Waals surface area (Å²) in [5.41, 5.74) is 1.92. The highest BCUT2D eigenvalue weighted by Crippen LogP contribution is 2.12. The number of halogens is 1. The van der Waals surface area contributed by atoms with Gasteiger partial charge in [-0.3, -0.25) is 0 Å². The van der Waals surface area contributed by atoms with Gasteiger partial charge in [0.25, 0.3) is 0 Å². The summed E-state index contributed by atoms with van der Waals surface area (Å²) in [5, 5.41) is 8.22. The van der Waals surface area contributed by atoms with Crippen LogP contribution in [0.25, 0.3) is 5.65 Å². The molecule has 4 nitrogen and oxygen atoms in total. The van der Waals surface area contributed by atoms with Crippen molar-refractivity contribution in [2.75, 3.05) is 5.32 Å². The van der Waals surface area contributed by atoms with Crippen molar-refractivity contribution in [3.05, 3.63) is 59.2 Å². The lowest BCUT2D eigenvalue weighted by atomic mass is 10.2. The molecule has 0 unspecified atom stereocenters. The number of fused-ring (bicyclic) bond motifs is 1. The van der Waals surface area contributed by atoms with Crippen LogP contribution in [-0.2, 0) is 6.54 Å². The van der Waals surface area contributed by atoms with Gasteiger partial charge in [0, 0.05) is 17.8 Å². The van der Waals surface area contributed by atoms with Gasteiger partial charge in [0.05, 0.1) is 0 Å². The predicted molar refractivity (Wildman–Crippen MR) is 71.8 cm³/mol. The molecule has 0 radical (unpaired) electrons. The summed E-state index contributed by atoms with van der Waals surface area (Å²) in [7, 11) is 0. The molecule has 2 aromatic heterocycles. The molecule has 0 saturated carbocycles. The lowest BCUT2D eigenvalue weighted by Crippen LogP contribution is -2.01. The van der Waals surface area contributed by atoms with Gasteiger partial charge in [0.1, 0.15) is 0 Å². The number of hydrogen-bond donors (Lipinski definition) is 1. The van der Waals surface area contributed by atoms with Gasteiger partial charge in [-0.2, -0.15) is 4.98 Å². The highest BCUT2D eigenvalue weighted by atomic mass is 35.5. The molecule has 5 heteroatoms. The third-order valence-electron chi connectivity index (χ3n) is 2.58. The Morgan fingerprint density at radius 2 is 2.11 bits per heavy atom. The molecule has 0 saturated heterocycles. The Labute approximate surface area is 109 Å². The van der Waals surface area contributed by atoms with Gasteiger partial charge in [0.2, 0.25) is 5.95 Å². The number of pyridine rings is 1. The SMILES string of the molecule is Clc1cccc(CNc2nc3ccccn3n2)c1. The van der Waals surface area contributed by atoms with Gasteiger partial charge in [-0.15, -0.1) is 5.10 Å². The molecule has 0 fully saturated rings. The van der Waals surface area contributed by atoms with Crippen LogP contribution in [0, 0.1) is 0 Å². The minimum atomic E-state index is 0.612. The van der Waals surface area contributed by atoms with Crippen LogP contribution in [0.3, 0.4) is 0 Å². The lowest BCUT2D eigenvalue weighted by molar-refractivity contribution is 0.950. The van der Waals surface area contributed by atoms with Crippen molar-refractivity contribution in [1.29, 1.82) is 0 Å². The van der Waals surface area contributed by atoms with Gasteiger partial charge < -0.3 is 5.32 Å². The summed E-state index contributed by atoms with van der Waals surface area (Å²) in [6.45, 7) is 0.650. The van der Waals surface area contributed by atoms with Gasteiger partial charge in [-0.25, -0.2) is 4.52 Å². The average molecular weight is 259 g/mol. The van der Waals surface area contributed by atoms with Crippen molar-refractivity contribution < 1.29 is 0 Å².